The van der Waals surface area contributed by atoms with Crippen molar-refractivity contribution in [1.82, 2.24) is 0 Å². The quantitative estimate of drug-likeness (QED) is 0.204. The summed E-state index contributed by atoms with van der Waals surface area (Å²) in [5.41, 5.74) is -0.120. The van der Waals surface area contributed by atoms with Gasteiger partial charge in [0, 0.05) is 0 Å². The molecule has 0 atom stereocenters. The Bertz CT molecular complexity index is 1120. The zero-order valence-corrected chi connectivity index (χ0v) is 26.0. The molecule has 0 amide bonds. The summed E-state index contributed by atoms with van der Waals surface area (Å²) in [5, 5.41) is 3.09. The molecule has 3 heterocycles. The SMILES string of the molecule is CCC[CH2][Sn]([CH2]CCC)([CH2]CCC)[c]1c(C2=NC(C)(C)CO2)sc2ccc3sc(C)cc3c12. The fraction of sp³-hybridized carbons (Fsp3) is 0.607. The molecule has 1 aliphatic rings. The number of rotatable bonds is 11. The van der Waals surface area contributed by atoms with Gasteiger partial charge in [-0.05, 0) is 0 Å². The van der Waals surface area contributed by atoms with Crippen LogP contribution in [-0.2, 0) is 4.74 Å². The number of benzene rings is 1. The van der Waals surface area contributed by atoms with Gasteiger partial charge in [0.15, 0.2) is 0 Å². The van der Waals surface area contributed by atoms with E-state index in [4.69, 9.17) is 9.73 Å². The van der Waals surface area contributed by atoms with Gasteiger partial charge in [0.1, 0.15) is 0 Å². The first-order valence-electron chi connectivity index (χ1n) is 13.0. The van der Waals surface area contributed by atoms with Crippen LogP contribution >= 0.6 is 22.7 Å². The van der Waals surface area contributed by atoms with Crippen molar-refractivity contribution in [2.75, 3.05) is 6.61 Å². The van der Waals surface area contributed by atoms with Gasteiger partial charge in [0.2, 0.25) is 0 Å². The van der Waals surface area contributed by atoms with Gasteiger partial charge in [0.25, 0.3) is 0 Å². The van der Waals surface area contributed by atoms with Gasteiger partial charge in [0.05, 0.1) is 0 Å². The molecule has 180 valence electrons. The first-order chi connectivity index (χ1) is 15.8. The van der Waals surface area contributed by atoms with E-state index in [1.807, 2.05) is 22.7 Å². The monoisotopic (exact) mass is 591 g/mol. The molecular weight excluding hydrogens is 549 g/mol. The molecule has 2 nitrogen and oxygen atoms in total. The van der Waals surface area contributed by atoms with Gasteiger partial charge in [-0.3, -0.25) is 0 Å². The fourth-order valence-electron chi connectivity index (χ4n) is 5.49. The molecule has 0 bridgehead atoms. The van der Waals surface area contributed by atoms with Crippen LogP contribution in [0, 0.1) is 6.92 Å². The number of hydrogen-bond acceptors (Lipinski definition) is 4. The van der Waals surface area contributed by atoms with E-state index >= 15 is 0 Å². The Balaban J connectivity index is 2.05. The van der Waals surface area contributed by atoms with Gasteiger partial charge >= 0.3 is 214 Å². The molecule has 0 saturated carbocycles. The molecule has 0 aliphatic carbocycles. The molecule has 3 aromatic rings. The number of ether oxygens (including phenoxy) is 1. The molecule has 0 saturated heterocycles. The Morgan fingerprint density at radius 1 is 0.939 bits per heavy atom. The van der Waals surface area contributed by atoms with Crippen molar-refractivity contribution in [3.8, 4) is 0 Å². The summed E-state index contributed by atoms with van der Waals surface area (Å²) in [6, 6.07) is 7.20. The third-order valence-corrected chi connectivity index (χ3v) is 25.5. The second-order valence-corrected chi connectivity index (χ2v) is 26.0. The number of aryl methyl sites for hydroxylation is 1. The Hall–Kier alpha value is -0.591. The molecule has 5 heteroatoms. The number of nitrogens with zero attached hydrogens (tertiary/aromatic N) is 1. The molecular formula is C28H41NOS2Sn. The number of unbranched alkanes of at least 4 members (excludes halogenated alkanes) is 3. The second-order valence-electron chi connectivity index (χ2n) is 10.6. The normalized spacial score (nSPS) is 16.0. The van der Waals surface area contributed by atoms with Crippen LogP contribution in [-0.4, -0.2) is 36.4 Å². The predicted molar refractivity (Wildman–Crippen MR) is 153 cm³/mol. The average molecular weight is 590 g/mol. The topological polar surface area (TPSA) is 21.6 Å². The summed E-state index contributed by atoms with van der Waals surface area (Å²) < 4.78 is 15.4. The van der Waals surface area contributed by atoms with E-state index in [1.54, 1.807) is 8.97 Å². The molecule has 2 aromatic heterocycles. The zero-order valence-electron chi connectivity index (χ0n) is 21.5. The average Bonchev–Trinajstić information content (AvgIpc) is 3.47. The van der Waals surface area contributed by atoms with Crippen LogP contribution in [0.15, 0.2) is 23.2 Å². The first kappa shape index (κ1) is 25.5. The van der Waals surface area contributed by atoms with Crippen molar-refractivity contribution in [3.63, 3.8) is 0 Å². The van der Waals surface area contributed by atoms with E-state index in [0.717, 1.165) is 5.90 Å². The number of aliphatic imine (C=N–C) groups is 1. The van der Waals surface area contributed by atoms with Crippen LogP contribution in [0.5, 0.6) is 0 Å². The van der Waals surface area contributed by atoms with Gasteiger partial charge < -0.3 is 0 Å². The molecule has 0 radical (unpaired) electrons. The van der Waals surface area contributed by atoms with Gasteiger partial charge in [-0.15, -0.1) is 0 Å². The van der Waals surface area contributed by atoms with E-state index in [1.165, 1.54) is 76.4 Å². The summed E-state index contributed by atoms with van der Waals surface area (Å²) in [7, 11) is 0. The summed E-state index contributed by atoms with van der Waals surface area (Å²) >= 11 is 1.16. The molecule has 1 aliphatic heterocycles. The van der Waals surface area contributed by atoms with Gasteiger partial charge in [-0.1, -0.05) is 0 Å². The second kappa shape index (κ2) is 10.6. The number of hydrogen-bond donors (Lipinski definition) is 0. The molecule has 33 heavy (non-hydrogen) atoms. The summed E-state index contributed by atoms with van der Waals surface area (Å²) in [6.45, 7) is 14.5. The van der Waals surface area contributed by atoms with Crippen molar-refractivity contribution < 1.29 is 4.74 Å². The fourth-order valence-corrected chi connectivity index (χ4v) is 26.7. The summed E-state index contributed by atoms with van der Waals surface area (Å²) in [6.07, 6.45) is 8.01. The molecule has 0 unspecified atom stereocenters. The standard InChI is InChI=1S/C16H14NOS2.3C4H9.Sn/c1-9-6-10-11-7-14(15-17-16(2,3)8-18-15)20-13(11)5-4-12(10)19-9;3*1-3-4-2;/h4-6H,8H2,1-3H3;3*1,3-4H2,2H3;. The Morgan fingerprint density at radius 3 is 2.09 bits per heavy atom. The number of thiophene rings is 2. The minimum atomic E-state index is -2.76. The maximum atomic E-state index is 6.35. The van der Waals surface area contributed by atoms with Crippen molar-refractivity contribution in [2.24, 2.45) is 4.99 Å². The van der Waals surface area contributed by atoms with Gasteiger partial charge in [-0.2, -0.15) is 0 Å². The van der Waals surface area contributed by atoms with Crippen molar-refractivity contribution in [1.29, 1.82) is 0 Å². The van der Waals surface area contributed by atoms with Crippen LogP contribution in [0.3, 0.4) is 0 Å². The van der Waals surface area contributed by atoms with Crippen molar-refractivity contribution >= 4 is 70.7 Å². The minimum absolute atomic E-state index is 0.120. The van der Waals surface area contributed by atoms with Crippen LogP contribution in [0.1, 0.15) is 82.9 Å². The Morgan fingerprint density at radius 2 is 1.55 bits per heavy atom. The third-order valence-electron chi connectivity index (χ3n) is 7.19. The Kier molecular flexibility index (Phi) is 8.17. The van der Waals surface area contributed by atoms with Crippen LogP contribution in [0.25, 0.3) is 20.2 Å². The third kappa shape index (κ3) is 5.18. The molecule has 0 fully saturated rings. The molecule has 1 aromatic carbocycles. The maximum absolute atomic E-state index is 6.35. The zero-order chi connectivity index (χ0) is 23.6. The summed E-state index contributed by atoms with van der Waals surface area (Å²) in [5.74, 6) is 0.946. The Labute approximate surface area is 212 Å². The van der Waals surface area contributed by atoms with Crippen molar-refractivity contribution in [2.45, 2.75) is 98.9 Å². The van der Waals surface area contributed by atoms with E-state index in [2.05, 4.69) is 59.7 Å². The molecule has 0 N–H and O–H groups in total. The summed E-state index contributed by atoms with van der Waals surface area (Å²) in [4.78, 5) is 7.96. The van der Waals surface area contributed by atoms with Crippen LogP contribution < -0.4 is 3.58 Å². The van der Waals surface area contributed by atoms with E-state index in [9.17, 15) is 0 Å². The molecule has 0 spiro atoms. The predicted octanol–water partition coefficient (Wildman–Crippen LogP) is 9.04. The van der Waals surface area contributed by atoms with E-state index in [-0.39, 0.29) is 5.54 Å². The molecule has 4 rings (SSSR count). The first-order valence-corrected chi connectivity index (χ1v) is 22.1. The number of fused-ring (bicyclic) bond motifs is 3. The van der Waals surface area contributed by atoms with Crippen molar-refractivity contribution in [3.05, 3.63) is 28.0 Å². The van der Waals surface area contributed by atoms with E-state index in [0.29, 0.717) is 6.61 Å². The van der Waals surface area contributed by atoms with Crippen LogP contribution in [0.2, 0.25) is 13.3 Å². The van der Waals surface area contributed by atoms with Gasteiger partial charge in [-0.25, -0.2) is 0 Å². The van der Waals surface area contributed by atoms with Crippen LogP contribution in [0.4, 0.5) is 0 Å². The van der Waals surface area contributed by atoms with E-state index < -0.39 is 18.4 Å².